The van der Waals surface area contributed by atoms with Crippen LogP contribution in [-0.2, 0) is 15.7 Å². The van der Waals surface area contributed by atoms with Crippen molar-refractivity contribution in [3.63, 3.8) is 0 Å². The van der Waals surface area contributed by atoms with Crippen LogP contribution in [0.25, 0.3) is 0 Å². The molecule has 0 aliphatic heterocycles. The van der Waals surface area contributed by atoms with Gasteiger partial charge in [0, 0.05) is 0 Å². The van der Waals surface area contributed by atoms with Gasteiger partial charge in [-0.25, -0.2) is 19.3 Å². The summed E-state index contributed by atoms with van der Waals surface area (Å²) in [4.78, 5) is 34.4. The largest absolute Gasteiger partial charge is 0.470 e. The molecule has 0 spiro atoms. The summed E-state index contributed by atoms with van der Waals surface area (Å²) in [5.41, 5.74) is 4.73. The van der Waals surface area contributed by atoms with E-state index < -0.39 is 20.5 Å². The number of carbonyl (C=O) groups excluding carboxylic acids is 1. The number of phosphoric acid groups is 1. The van der Waals surface area contributed by atoms with E-state index in [0.29, 0.717) is 0 Å². The van der Waals surface area contributed by atoms with E-state index in [1.807, 2.05) is 0 Å². The molecule has 0 saturated heterocycles. The predicted molar refractivity (Wildman–Crippen MR) is 49.1 cm³/mol. The molecule has 0 radical (unpaired) electrons. The number of primary amides is 1. The molecule has 10 heteroatoms. The van der Waals surface area contributed by atoms with Crippen molar-refractivity contribution in [1.29, 1.82) is 0 Å². The molecule has 1 aromatic heterocycles. The first-order valence-corrected chi connectivity index (χ1v) is 5.38. The Morgan fingerprint density at radius 2 is 2.00 bits per heavy atom. The van der Waals surface area contributed by atoms with Gasteiger partial charge in [0.2, 0.25) is 0 Å². The maximum Gasteiger partial charge on any atom is 0.470 e. The highest BCUT2D eigenvalue weighted by Gasteiger charge is 2.14. The molecule has 0 atom stereocenters. The number of nitrogens with two attached hydrogens (primary N) is 1. The van der Waals surface area contributed by atoms with Crippen LogP contribution in [0, 0.1) is 0 Å². The minimum absolute atomic E-state index is 0.0208. The van der Waals surface area contributed by atoms with Crippen LogP contribution in [-0.4, -0.2) is 25.8 Å². The van der Waals surface area contributed by atoms with Gasteiger partial charge in [0.1, 0.15) is 6.61 Å². The first kappa shape index (κ1) is 12.5. The van der Waals surface area contributed by atoms with Gasteiger partial charge in [0.15, 0.2) is 11.6 Å². The summed E-state index contributed by atoms with van der Waals surface area (Å²) < 4.78 is 18.9. The van der Waals surface area contributed by atoms with Crippen LogP contribution in [0.3, 0.4) is 0 Å². The molecule has 1 aromatic rings. The Morgan fingerprint density at radius 3 is 2.44 bits per heavy atom. The molecule has 0 saturated carbocycles. The fourth-order valence-electron chi connectivity index (χ4n) is 0.728. The molecule has 0 aromatic carbocycles. The predicted octanol–water partition coefficient (Wildman–Crippen LogP) is -0.457. The Labute approximate surface area is 89.5 Å². The third-order valence-corrected chi connectivity index (χ3v) is 1.73. The van der Waals surface area contributed by atoms with Crippen molar-refractivity contribution >= 4 is 13.9 Å². The van der Waals surface area contributed by atoms with Crippen LogP contribution in [0.5, 0.6) is 5.75 Å². The van der Waals surface area contributed by atoms with Crippen molar-refractivity contribution in [1.82, 2.24) is 9.97 Å². The lowest BCUT2D eigenvalue weighted by molar-refractivity contribution is 0.184. The molecule has 1 amide bonds. The van der Waals surface area contributed by atoms with Crippen LogP contribution in [0.1, 0.15) is 5.82 Å². The molecule has 0 aliphatic rings. The smallest absolute Gasteiger partial charge is 0.407 e. The van der Waals surface area contributed by atoms with Gasteiger partial charge in [0.25, 0.3) is 0 Å². The summed E-state index contributed by atoms with van der Waals surface area (Å²) in [7, 11) is -4.55. The SMILES string of the molecule is NC(=O)Oc1cnc(COP(=O)(O)O)nc1. The number of hydrogen-bond acceptors (Lipinski definition) is 6. The highest BCUT2D eigenvalue weighted by molar-refractivity contribution is 7.46. The standard InChI is InChI=1S/C6H8N3O6P/c7-6(10)15-4-1-8-5(9-2-4)3-14-16(11,12)13/h1-2H,3H2,(H2,7,10)(H2,11,12,13). The summed E-state index contributed by atoms with van der Waals surface area (Å²) >= 11 is 0. The fourth-order valence-corrected chi connectivity index (χ4v) is 1.01. The van der Waals surface area contributed by atoms with E-state index in [1.54, 1.807) is 0 Å². The van der Waals surface area contributed by atoms with Gasteiger partial charge in [-0.05, 0) is 0 Å². The molecular weight excluding hydrogens is 241 g/mol. The average Bonchev–Trinajstić information content (AvgIpc) is 2.14. The second kappa shape index (κ2) is 4.99. The van der Waals surface area contributed by atoms with Gasteiger partial charge in [-0.15, -0.1) is 0 Å². The molecule has 1 heterocycles. The van der Waals surface area contributed by atoms with Crippen LogP contribution < -0.4 is 10.5 Å². The second-order valence-electron chi connectivity index (χ2n) is 2.52. The van der Waals surface area contributed by atoms with E-state index in [0.717, 1.165) is 12.4 Å². The van der Waals surface area contributed by atoms with E-state index >= 15 is 0 Å². The molecule has 0 aliphatic carbocycles. The minimum atomic E-state index is -4.55. The Bertz CT molecular complexity index is 415. The first-order chi connectivity index (χ1) is 7.37. The minimum Gasteiger partial charge on any atom is -0.407 e. The highest BCUT2D eigenvalue weighted by Crippen LogP contribution is 2.36. The lowest BCUT2D eigenvalue weighted by Gasteiger charge is -2.04. The van der Waals surface area contributed by atoms with Gasteiger partial charge < -0.3 is 20.3 Å². The Morgan fingerprint density at radius 1 is 1.44 bits per heavy atom. The quantitative estimate of drug-likeness (QED) is 0.608. The fraction of sp³-hybridized carbons (Fsp3) is 0.167. The first-order valence-electron chi connectivity index (χ1n) is 3.85. The zero-order valence-corrected chi connectivity index (χ0v) is 8.70. The van der Waals surface area contributed by atoms with Crippen molar-refractivity contribution in [2.24, 2.45) is 5.73 Å². The number of hydrogen-bond donors (Lipinski definition) is 3. The van der Waals surface area contributed by atoms with Crippen LogP contribution in [0.15, 0.2) is 12.4 Å². The molecule has 1 rings (SSSR count). The van der Waals surface area contributed by atoms with Gasteiger partial charge in [-0.2, -0.15) is 0 Å². The van der Waals surface area contributed by atoms with Crippen molar-refractivity contribution in [2.45, 2.75) is 6.61 Å². The van der Waals surface area contributed by atoms with Crippen molar-refractivity contribution in [3.8, 4) is 5.75 Å². The van der Waals surface area contributed by atoms with Crippen molar-refractivity contribution in [3.05, 3.63) is 18.2 Å². The Kier molecular flexibility index (Phi) is 3.91. The van der Waals surface area contributed by atoms with Gasteiger partial charge in [-0.3, -0.25) is 4.52 Å². The second-order valence-corrected chi connectivity index (χ2v) is 3.76. The summed E-state index contributed by atoms with van der Waals surface area (Å²) in [6.45, 7) is -0.457. The van der Waals surface area contributed by atoms with Gasteiger partial charge in [-0.1, -0.05) is 0 Å². The Balaban J connectivity index is 2.58. The third kappa shape index (κ3) is 4.80. The zero-order valence-electron chi connectivity index (χ0n) is 7.81. The summed E-state index contributed by atoms with van der Waals surface area (Å²) in [5.74, 6) is 0.0487. The van der Waals surface area contributed by atoms with Crippen LogP contribution in [0.2, 0.25) is 0 Å². The number of carbonyl (C=O) groups is 1. The van der Waals surface area contributed by atoms with E-state index in [1.165, 1.54) is 0 Å². The van der Waals surface area contributed by atoms with Crippen LogP contribution >= 0.6 is 7.82 Å². The molecule has 88 valence electrons. The zero-order chi connectivity index (χ0) is 12.2. The lowest BCUT2D eigenvalue weighted by atomic mass is 10.5. The number of rotatable bonds is 4. The van der Waals surface area contributed by atoms with E-state index in [-0.39, 0.29) is 11.6 Å². The van der Waals surface area contributed by atoms with E-state index in [9.17, 15) is 9.36 Å². The Hall–Kier alpha value is -1.54. The van der Waals surface area contributed by atoms with Crippen LogP contribution in [0.4, 0.5) is 4.79 Å². The molecule has 16 heavy (non-hydrogen) atoms. The summed E-state index contributed by atoms with van der Waals surface area (Å²) in [6.07, 6.45) is 1.23. The maximum atomic E-state index is 10.3. The van der Waals surface area contributed by atoms with E-state index in [4.69, 9.17) is 15.5 Å². The average molecular weight is 249 g/mol. The molecule has 0 unspecified atom stereocenters. The molecule has 9 nitrogen and oxygen atoms in total. The van der Waals surface area contributed by atoms with Gasteiger partial charge in [0.05, 0.1) is 12.4 Å². The molecule has 0 bridgehead atoms. The number of ether oxygens (including phenoxy) is 1. The van der Waals surface area contributed by atoms with E-state index in [2.05, 4.69) is 19.2 Å². The topological polar surface area (TPSA) is 145 Å². The number of nitrogens with zero attached hydrogens (tertiary/aromatic N) is 2. The summed E-state index contributed by atoms with van der Waals surface area (Å²) in [6, 6.07) is 0. The van der Waals surface area contributed by atoms with Crippen molar-refractivity contribution < 1.29 is 28.4 Å². The van der Waals surface area contributed by atoms with Gasteiger partial charge >= 0.3 is 13.9 Å². The van der Waals surface area contributed by atoms with Crippen molar-refractivity contribution in [2.75, 3.05) is 0 Å². The number of amides is 1. The summed E-state index contributed by atoms with van der Waals surface area (Å²) in [5, 5.41) is 0. The maximum absolute atomic E-state index is 10.3. The third-order valence-electron chi connectivity index (χ3n) is 1.26. The molecule has 4 N–H and O–H groups in total. The monoisotopic (exact) mass is 249 g/mol. The normalized spacial score (nSPS) is 11.1. The number of aromatic nitrogens is 2. The molecular formula is C6H8N3O6P. The highest BCUT2D eigenvalue weighted by atomic mass is 31.2. The number of phosphoric ester groups is 1. The lowest BCUT2D eigenvalue weighted by Crippen LogP contribution is -2.16. The molecule has 0 fully saturated rings.